The Hall–Kier alpha value is -3.31. The summed E-state index contributed by atoms with van der Waals surface area (Å²) in [6, 6.07) is 3.72. The molecule has 0 fully saturated rings. The second-order valence-electron chi connectivity index (χ2n) is 6.23. The Bertz CT molecular complexity index is 965. The SMILES string of the molecule is CCOC(=O)C1=C(COC(=O)CNC(=O)CNC(=O)c2ccc(Cl)cc2Cl)NC(=O)NC1. The van der Waals surface area contributed by atoms with Crippen LogP contribution in [0, 0.1) is 0 Å². The number of nitrogens with one attached hydrogen (secondary N) is 4. The highest BCUT2D eigenvalue weighted by Gasteiger charge is 2.24. The smallest absolute Gasteiger partial charge is 0.337 e. The molecule has 0 aromatic heterocycles. The number of urea groups is 1. The topological polar surface area (TPSA) is 152 Å². The summed E-state index contributed by atoms with van der Waals surface area (Å²) < 4.78 is 9.87. The third kappa shape index (κ3) is 7.43. The van der Waals surface area contributed by atoms with Crippen LogP contribution in [0.4, 0.5) is 4.79 Å². The molecule has 0 bridgehead atoms. The molecule has 4 N–H and O–H groups in total. The minimum absolute atomic E-state index is 0.0778. The van der Waals surface area contributed by atoms with Gasteiger partial charge in [-0.15, -0.1) is 0 Å². The number of carbonyl (C=O) groups is 5. The molecule has 0 saturated heterocycles. The molecule has 1 aromatic rings. The third-order valence-corrected chi connectivity index (χ3v) is 4.52. The monoisotopic (exact) mass is 486 g/mol. The first-order valence-corrected chi connectivity index (χ1v) is 10.1. The van der Waals surface area contributed by atoms with Crippen LogP contribution in [-0.2, 0) is 23.9 Å². The maximum Gasteiger partial charge on any atom is 0.337 e. The Balaban J connectivity index is 1.79. The van der Waals surface area contributed by atoms with E-state index in [0.29, 0.717) is 5.02 Å². The zero-order valence-corrected chi connectivity index (χ0v) is 18.4. The molecule has 13 heteroatoms. The van der Waals surface area contributed by atoms with E-state index in [-0.39, 0.29) is 35.0 Å². The zero-order chi connectivity index (χ0) is 23.7. The highest BCUT2D eigenvalue weighted by Crippen LogP contribution is 2.20. The molecular formula is C19H20Cl2N4O7. The highest BCUT2D eigenvalue weighted by atomic mass is 35.5. The molecule has 1 aromatic carbocycles. The van der Waals surface area contributed by atoms with Crippen molar-refractivity contribution in [2.45, 2.75) is 6.92 Å². The van der Waals surface area contributed by atoms with Crippen molar-refractivity contribution < 1.29 is 33.4 Å². The van der Waals surface area contributed by atoms with Crippen LogP contribution in [0.25, 0.3) is 0 Å². The largest absolute Gasteiger partial charge is 0.463 e. The van der Waals surface area contributed by atoms with Crippen LogP contribution >= 0.6 is 23.2 Å². The van der Waals surface area contributed by atoms with E-state index in [9.17, 15) is 24.0 Å². The first kappa shape index (κ1) is 25.0. The molecule has 0 unspecified atom stereocenters. The van der Waals surface area contributed by atoms with E-state index in [1.807, 2.05) is 0 Å². The number of esters is 2. The minimum atomic E-state index is -0.825. The fourth-order valence-electron chi connectivity index (χ4n) is 2.44. The lowest BCUT2D eigenvalue weighted by molar-refractivity contribution is -0.143. The summed E-state index contributed by atoms with van der Waals surface area (Å²) in [6.07, 6.45) is 0. The van der Waals surface area contributed by atoms with Gasteiger partial charge in [0.1, 0.15) is 13.2 Å². The lowest BCUT2D eigenvalue weighted by atomic mass is 10.2. The van der Waals surface area contributed by atoms with Gasteiger partial charge in [0.2, 0.25) is 5.91 Å². The zero-order valence-electron chi connectivity index (χ0n) is 16.9. The fourth-order valence-corrected chi connectivity index (χ4v) is 2.93. The summed E-state index contributed by atoms with van der Waals surface area (Å²) in [6.45, 7) is 0.377. The third-order valence-electron chi connectivity index (χ3n) is 3.97. The fraction of sp³-hybridized carbons (Fsp3) is 0.316. The van der Waals surface area contributed by atoms with E-state index >= 15 is 0 Å². The number of halogens is 2. The molecule has 0 spiro atoms. The predicted molar refractivity (Wildman–Crippen MR) is 113 cm³/mol. The van der Waals surface area contributed by atoms with Crippen molar-refractivity contribution in [3.63, 3.8) is 0 Å². The van der Waals surface area contributed by atoms with Crippen molar-refractivity contribution in [1.29, 1.82) is 0 Å². The van der Waals surface area contributed by atoms with Gasteiger partial charge in [-0.3, -0.25) is 14.4 Å². The van der Waals surface area contributed by atoms with E-state index in [2.05, 4.69) is 21.3 Å². The van der Waals surface area contributed by atoms with Gasteiger partial charge in [0.05, 0.1) is 41.6 Å². The van der Waals surface area contributed by atoms with E-state index in [1.54, 1.807) is 6.92 Å². The summed E-state index contributed by atoms with van der Waals surface area (Å²) in [5.41, 5.74) is 0.337. The summed E-state index contributed by atoms with van der Waals surface area (Å²) in [5.74, 6) is -2.73. The number of hydrogen-bond donors (Lipinski definition) is 4. The number of hydrogen-bond acceptors (Lipinski definition) is 7. The van der Waals surface area contributed by atoms with Gasteiger partial charge in [0.15, 0.2) is 0 Å². The van der Waals surface area contributed by atoms with Crippen LogP contribution in [0.3, 0.4) is 0 Å². The average molecular weight is 487 g/mol. The van der Waals surface area contributed by atoms with Crippen molar-refractivity contribution in [1.82, 2.24) is 21.3 Å². The summed E-state index contributed by atoms with van der Waals surface area (Å²) >= 11 is 11.7. The minimum Gasteiger partial charge on any atom is -0.463 e. The average Bonchev–Trinajstić information content (AvgIpc) is 2.74. The Morgan fingerprint density at radius 2 is 1.84 bits per heavy atom. The maximum absolute atomic E-state index is 12.1. The molecule has 4 amide bonds. The lowest BCUT2D eigenvalue weighted by Crippen LogP contribution is -2.45. The molecule has 0 atom stereocenters. The van der Waals surface area contributed by atoms with Crippen LogP contribution in [-0.4, -0.2) is 62.6 Å². The molecule has 1 aliphatic heterocycles. The summed E-state index contributed by atoms with van der Waals surface area (Å²) in [4.78, 5) is 59.2. The Kier molecular flexibility index (Phi) is 9.29. The molecule has 11 nitrogen and oxygen atoms in total. The van der Waals surface area contributed by atoms with Gasteiger partial charge in [0.25, 0.3) is 5.91 Å². The highest BCUT2D eigenvalue weighted by molar-refractivity contribution is 6.36. The van der Waals surface area contributed by atoms with Crippen molar-refractivity contribution in [2.75, 3.05) is 32.8 Å². The first-order chi connectivity index (χ1) is 15.2. The van der Waals surface area contributed by atoms with E-state index in [4.69, 9.17) is 32.7 Å². The van der Waals surface area contributed by atoms with Gasteiger partial charge in [0, 0.05) is 5.02 Å². The van der Waals surface area contributed by atoms with E-state index in [1.165, 1.54) is 18.2 Å². The van der Waals surface area contributed by atoms with Gasteiger partial charge >= 0.3 is 18.0 Å². The van der Waals surface area contributed by atoms with E-state index < -0.39 is 49.5 Å². The number of amides is 4. The quantitative estimate of drug-likeness (QED) is 0.371. The Labute approximate surface area is 192 Å². The number of carbonyl (C=O) groups excluding carboxylic acids is 5. The molecular weight excluding hydrogens is 467 g/mol. The molecule has 0 saturated carbocycles. The van der Waals surface area contributed by atoms with Crippen molar-refractivity contribution in [3.05, 3.63) is 45.1 Å². The number of rotatable bonds is 9. The van der Waals surface area contributed by atoms with Crippen LogP contribution in [0.2, 0.25) is 10.0 Å². The standard InChI is InChI=1S/C19H20Cl2N4O7/c1-2-31-18(29)12-6-24-19(30)25-14(12)9-32-16(27)8-22-15(26)7-23-17(28)11-4-3-10(20)5-13(11)21/h3-5H,2,6-9H2,1H3,(H,22,26)(H,23,28)(H2,24,25,30). The number of benzene rings is 1. The van der Waals surface area contributed by atoms with Crippen molar-refractivity contribution in [3.8, 4) is 0 Å². The van der Waals surface area contributed by atoms with Gasteiger partial charge in [-0.05, 0) is 25.1 Å². The second kappa shape index (κ2) is 11.9. The normalized spacial score (nSPS) is 12.9. The molecule has 2 rings (SSSR count). The molecule has 0 aliphatic carbocycles. The van der Waals surface area contributed by atoms with Crippen molar-refractivity contribution in [2.24, 2.45) is 0 Å². The second-order valence-corrected chi connectivity index (χ2v) is 7.07. The van der Waals surface area contributed by atoms with Gasteiger partial charge < -0.3 is 30.7 Å². The number of ether oxygens (including phenoxy) is 2. The molecule has 32 heavy (non-hydrogen) atoms. The molecule has 1 aliphatic rings. The molecule has 172 valence electrons. The van der Waals surface area contributed by atoms with Gasteiger partial charge in [-0.2, -0.15) is 0 Å². The summed E-state index contributed by atoms with van der Waals surface area (Å²) in [5, 5.41) is 9.91. The lowest BCUT2D eigenvalue weighted by Gasteiger charge is -2.21. The van der Waals surface area contributed by atoms with Crippen LogP contribution in [0.15, 0.2) is 29.5 Å². The van der Waals surface area contributed by atoms with Gasteiger partial charge in [-0.25, -0.2) is 9.59 Å². The van der Waals surface area contributed by atoms with E-state index in [0.717, 1.165) is 0 Å². The van der Waals surface area contributed by atoms with Gasteiger partial charge in [-0.1, -0.05) is 23.2 Å². The van der Waals surface area contributed by atoms with Crippen LogP contribution < -0.4 is 21.3 Å². The molecule has 0 radical (unpaired) electrons. The van der Waals surface area contributed by atoms with Crippen molar-refractivity contribution >= 4 is 53.0 Å². The Morgan fingerprint density at radius 1 is 1.09 bits per heavy atom. The maximum atomic E-state index is 12.1. The van der Waals surface area contributed by atoms with Crippen LogP contribution in [0.1, 0.15) is 17.3 Å². The predicted octanol–water partition coefficient (Wildman–Crippen LogP) is 0.513. The first-order valence-electron chi connectivity index (χ1n) is 9.30. The summed E-state index contributed by atoms with van der Waals surface area (Å²) in [7, 11) is 0. The Morgan fingerprint density at radius 3 is 2.53 bits per heavy atom. The van der Waals surface area contributed by atoms with Crippen LogP contribution in [0.5, 0.6) is 0 Å². The molecule has 1 heterocycles.